The third-order valence-corrected chi connectivity index (χ3v) is 3.93. The molecule has 0 radical (unpaired) electrons. The summed E-state index contributed by atoms with van der Waals surface area (Å²) in [7, 11) is 1.69. The Morgan fingerprint density at radius 3 is 2.88 bits per heavy atom. The summed E-state index contributed by atoms with van der Waals surface area (Å²) < 4.78 is 16.5. The van der Waals surface area contributed by atoms with Gasteiger partial charge in [0.25, 0.3) is 0 Å². The van der Waals surface area contributed by atoms with Crippen LogP contribution in [-0.4, -0.2) is 33.0 Å². The van der Waals surface area contributed by atoms with Crippen LogP contribution in [0.3, 0.4) is 0 Å². The van der Waals surface area contributed by atoms with Crippen LogP contribution in [0.25, 0.3) is 0 Å². The Bertz CT molecular complexity index is 375. The number of methoxy groups -OCH3 is 1. The van der Waals surface area contributed by atoms with Crippen LogP contribution in [0, 0.1) is 6.92 Å². The van der Waals surface area contributed by atoms with Crippen molar-refractivity contribution in [1.29, 1.82) is 0 Å². The minimum atomic E-state index is 0.0412. The van der Waals surface area contributed by atoms with Gasteiger partial charge in [-0.05, 0) is 13.0 Å². The molecule has 0 aliphatic carbocycles. The third kappa shape index (κ3) is 3.00. The van der Waals surface area contributed by atoms with Gasteiger partial charge in [-0.15, -0.1) is 0 Å². The van der Waals surface area contributed by atoms with E-state index >= 15 is 0 Å². The van der Waals surface area contributed by atoms with Crippen LogP contribution in [0.4, 0.5) is 0 Å². The zero-order valence-electron chi connectivity index (χ0n) is 10.1. The van der Waals surface area contributed by atoms with Crippen molar-refractivity contribution >= 4 is 15.9 Å². The topological polar surface area (TPSA) is 27.7 Å². The lowest BCUT2D eigenvalue weighted by atomic mass is 10.0. The SMILES string of the molecule is COc1ccc(C)cc1C(Br)C1COCCO1. The van der Waals surface area contributed by atoms with Crippen molar-refractivity contribution in [3.8, 4) is 5.75 Å². The minimum Gasteiger partial charge on any atom is -0.496 e. The normalized spacial score (nSPS) is 22.2. The van der Waals surface area contributed by atoms with Gasteiger partial charge in [-0.1, -0.05) is 33.6 Å². The maximum atomic E-state index is 5.71. The van der Waals surface area contributed by atoms with Gasteiger partial charge >= 0.3 is 0 Å². The first kappa shape index (κ1) is 12.9. The second-order valence-electron chi connectivity index (χ2n) is 4.13. The Kier molecular flexibility index (Phi) is 4.42. The summed E-state index contributed by atoms with van der Waals surface area (Å²) in [4.78, 5) is 0.0950. The van der Waals surface area contributed by atoms with Gasteiger partial charge in [0.05, 0.1) is 37.9 Å². The summed E-state index contributed by atoms with van der Waals surface area (Å²) in [6.45, 7) is 4.02. The fourth-order valence-electron chi connectivity index (χ4n) is 1.94. The second-order valence-corrected chi connectivity index (χ2v) is 5.12. The van der Waals surface area contributed by atoms with Crippen molar-refractivity contribution in [3.63, 3.8) is 0 Å². The summed E-state index contributed by atoms with van der Waals surface area (Å²) in [6.07, 6.45) is 0.0412. The van der Waals surface area contributed by atoms with Gasteiger partial charge in [0.15, 0.2) is 0 Å². The number of hydrogen-bond acceptors (Lipinski definition) is 3. The molecule has 0 aromatic heterocycles. The quantitative estimate of drug-likeness (QED) is 0.804. The van der Waals surface area contributed by atoms with Crippen LogP contribution in [0.1, 0.15) is 16.0 Å². The molecule has 0 saturated carbocycles. The highest BCUT2D eigenvalue weighted by molar-refractivity contribution is 9.09. The smallest absolute Gasteiger partial charge is 0.123 e. The first-order chi connectivity index (χ1) is 8.22. The van der Waals surface area contributed by atoms with Crippen molar-refractivity contribution < 1.29 is 14.2 Å². The highest BCUT2D eigenvalue weighted by Crippen LogP contribution is 2.36. The molecule has 1 saturated heterocycles. The average molecular weight is 301 g/mol. The van der Waals surface area contributed by atoms with Crippen molar-refractivity contribution in [1.82, 2.24) is 0 Å². The molecule has 1 fully saturated rings. The zero-order valence-corrected chi connectivity index (χ0v) is 11.7. The Hall–Kier alpha value is -0.580. The van der Waals surface area contributed by atoms with Gasteiger partial charge in [-0.25, -0.2) is 0 Å². The van der Waals surface area contributed by atoms with Crippen molar-refractivity contribution in [2.75, 3.05) is 26.9 Å². The molecule has 94 valence electrons. The standard InChI is InChI=1S/C13H17BrO3/c1-9-3-4-11(15-2)10(7-9)13(14)12-8-16-5-6-17-12/h3-4,7,12-13H,5-6,8H2,1-2H3. The van der Waals surface area contributed by atoms with Crippen LogP contribution in [0.5, 0.6) is 5.75 Å². The van der Waals surface area contributed by atoms with E-state index in [1.807, 2.05) is 12.1 Å². The van der Waals surface area contributed by atoms with Crippen LogP contribution < -0.4 is 4.74 Å². The number of ether oxygens (including phenoxy) is 3. The van der Waals surface area contributed by atoms with E-state index in [1.54, 1.807) is 7.11 Å². The molecule has 0 bridgehead atoms. The molecule has 17 heavy (non-hydrogen) atoms. The molecule has 1 heterocycles. The molecule has 3 nitrogen and oxygen atoms in total. The van der Waals surface area contributed by atoms with Crippen molar-refractivity contribution in [2.24, 2.45) is 0 Å². The summed E-state index contributed by atoms with van der Waals surface area (Å²) in [6, 6.07) is 6.15. The van der Waals surface area contributed by atoms with Crippen LogP contribution >= 0.6 is 15.9 Å². The molecule has 0 N–H and O–H groups in total. The fourth-order valence-corrected chi connectivity index (χ4v) is 2.61. The summed E-state index contributed by atoms with van der Waals surface area (Å²) in [5, 5.41) is 0. The maximum absolute atomic E-state index is 5.71. The minimum absolute atomic E-state index is 0.0412. The van der Waals surface area contributed by atoms with E-state index < -0.39 is 0 Å². The molecule has 0 amide bonds. The number of aryl methyl sites for hydroxylation is 1. The lowest BCUT2D eigenvalue weighted by Gasteiger charge is -2.28. The van der Waals surface area contributed by atoms with E-state index in [0.29, 0.717) is 19.8 Å². The Balaban J connectivity index is 2.21. The summed E-state index contributed by atoms with van der Waals surface area (Å²) in [5.74, 6) is 0.881. The molecule has 1 aromatic carbocycles. The largest absolute Gasteiger partial charge is 0.496 e. The lowest BCUT2D eigenvalue weighted by molar-refractivity contribution is -0.0877. The van der Waals surface area contributed by atoms with Crippen LogP contribution in [0.2, 0.25) is 0 Å². The lowest BCUT2D eigenvalue weighted by Crippen LogP contribution is -2.31. The predicted octanol–water partition coefficient (Wildman–Crippen LogP) is 2.86. The van der Waals surface area contributed by atoms with E-state index in [1.165, 1.54) is 5.56 Å². The molecule has 1 aliphatic heterocycles. The molecular weight excluding hydrogens is 284 g/mol. The van der Waals surface area contributed by atoms with Gasteiger partial charge < -0.3 is 14.2 Å². The second kappa shape index (κ2) is 5.85. The number of alkyl halides is 1. The first-order valence-electron chi connectivity index (χ1n) is 5.70. The monoisotopic (exact) mass is 300 g/mol. The first-order valence-corrected chi connectivity index (χ1v) is 6.62. The Morgan fingerprint density at radius 2 is 2.24 bits per heavy atom. The third-order valence-electron chi connectivity index (χ3n) is 2.85. The van der Waals surface area contributed by atoms with Crippen molar-refractivity contribution in [3.05, 3.63) is 29.3 Å². The molecular formula is C13H17BrO3. The van der Waals surface area contributed by atoms with E-state index in [-0.39, 0.29) is 10.9 Å². The number of halogens is 1. The van der Waals surface area contributed by atoms with E-state index in [0.717, 1.165) is 11.3 Å². The Labute approximate surface area is 110 Å². The van der Waals surface area contributed by atoms with Gasteiger partial charge in [-0.3, -0.25) is 0 Å². The zero-order chi connectivity index (χ0) is 12.3. The molecule has 2 atom stereocenters. The van der Waals surface area contributed by atoms with Crippen LogP contribution in [-0.2, 0) is 9.47 Å². The van der Waals surface area contributed by atoms with E-state index in [4.69, 9.17) is 14.2 Å². The molecule has 1 aliphatic rings. The number of rotatable bonds is 3. The summed E-state index contributed by atoms with van der Waals surface area (Å²) >= 11 is 3.69. The number of hydrogen-bond donors (Lipinski definition) is 0. The fraction of sp³-hybridized carbons (Fsp3) is 0.538. The molecule has 4 heteroatoms. The predicted molar refractivity (Wildman–Crippen MR) is 70.0 cm³/mol. The molecule has 0 spiro atoms. The van der Waals surface area contributed by atoms with Gasteiger partial charge in [0.1, 0.15) is 5.75 Å². The molecule has 1 aromatic rings. The maximum Gasteiger partial charge on any atom is 0.123 e. The number of benzene rings is 1. The van der Waals surface area contributed by atoms with Gasteiger partial charge in [0, 0.05) is 5.56 Å². The Morgan fingerprint density at radius 1 is 1.41 bits per heavy atom. The van der Waals surface area contributed by atoms with Crippen LogP contribution in [0.15, 0.2) is 18.2 Å². The van der Waals surface area contributed by atoms with Gasteiger partial charge in [0.2, 0.25) is 0 Å². The van der Waals surface area contributed by atoms with Gasteiger partial charge in [-0.2, -0.15) is 0 Å². The van der Waals surface area contributed by atoms with E-state index in [9.17, 15) is 0 Å². The molecule has 2 rings (SSSR count). The van der Waals surface area contributed by atoms with Crippen molar-refractivity contribution in [2.45, 2.75) is 17.9 Å². The summed E-state index contributed by atoms with van der Waals surface area (Å²) in [5.41, 5.74) is 2.32. The highest BCUT2D eigenvalue weighted by Gasteiger charge is 2.26. The highest BCUT2D eigenvalue weighted by atomic mass is 79.9. The molecule has 2 unspecified atom stereocenters. The van der Waals surface area contributed by atoms with E-state index in [2.05, 4.69) is 28.9 Å². The average Bonchev–Trinajstić information content (AvgIpc) is 2.39.